The van der Waals surface area contributed by atoms with Gasteiger partial charge in [-0.1, -0.05) is 6.07 Å². The van der Waals surface area contributed by atoms with E-state index in [0.29, 0.717) is 18.9 Å². The number of hydrogen-bond donors (Lipinski definition) is 1. The molecular weight excluding hydrogens is 282 g/mol. The molecule has 0 spiro atoms. The van der Waals surface area contributed by atoms with E-state index < -0.39 is 0 Å². The molecule has 1 amide bonds. The molecule has 1 N–H and O–H groups in total. The largest absolute Gasteiger partial charge is 0.474 e. The van der Waals surface area contributed by atoms with E-state index in [1.165, 1.54) is 0 Å². The minimum absolute atomic E-state index is 0.148. The lowest BCUT2D eigenvalue weighted by molar-refractivity contribution is -0.134. The van der Waals surface area contributed by atoms with Gasteiger partial charge in [-0.3, -0.25) is 4.79 Å². The number of aromatic nitrogens is 1. The average molecular weight is 305 g/mol. The second-order valence-corrected chi connectivity index (χ2v) is 5.80. The first-order valence-corrected chi connectivity index (χ1v) is 7.98. The fourth-order valence-corrected chi connectivity index (χ4v) is 2.90. The van der Waals surface area contributed by atoms with Crippen molar-refractivity contribution in [1.82, 2.24) is 15.2 Å². The standard InChI is InChI=1S/C16H23N3O3/c20-16(11-13-12-21-10-7-17-13)19-8-4-14(5-9-19)22-15-3-1-2-6-18-15/h1-3,6,13-14,17H,4-5,7-12H2. The zero-order valence-electron chi connectivity index (χ0n) is 12.7. The van der Waals surface area contributed by atoms with Gasteiger partial charge < -0.3 is 19.7 Å². The minimum Gasteiger partial charge on any atom is -0.474 e. The molecule has 0 saturated carbocycles. The summed E-state index contributed by atoms with van der Waals surface area (Å²) in [4.78, 5) is 18.4. The summed E-state index contributed by atoms with van der Waals surface area (Å²) in [5, 5.41) is 3.33. The third-order valence-corrected chi connectivity index (χ3v) is 4.14. The molecule has 1 atom stereocenters. The van der Waals surface area contributed by atoms with Gasteiger partial charge in [0, 0.05) is 57.2 Å². The number of ether oxygens (including phenoxy) is 2. The van der Waals surface area contributed by atoms with Crippen molar-refractivity contribution in [2.24, 2.45) is 0 Å². The van der Waals surface area contributed by atoms with E-state index in [1.54, 1.807) is 6.20 Å². The molecule has 0 radical (unpaired) electrons. The zero-order valence-corrected chi connectivity index (χ0v) is 12.7. The Balaban J connectivity index is 1.42. The lowest BCUT2D eigenvalue weighted by atomic mass is 10.1. The van der Waals surface area contributed by atoms with Gasteiger partial charge in [-0.05, 0) is 6.07 Å². The molecule has 2 aliphatic heterocycles. The number of piperidine rings is 1. The number of morpholine rings is 1. The van der Waals surface area contributed by atoms with Crippen LogP contribution in [0, 0.1) is 0 Å². The fraction of sp³-hybridized carbons (Fsp3) is 0.625. The SMILES string of the molecule is O=C(CC1COCCN1)N1CCC(Oc2ccccn2)CC1. The molecule has 1 aromatic heterocycles. The number of likely N-dealkylation sites (tertiary alicyclic amines) is 1. The summed E-state index contributed by atoms with van der Waals surface area (Å²) >= 11 is 0. The van der Waals surface area contributed by atoms with Crippen molar-refractivity contribution in [3.05, 3.63) is 24.4 Å². The lowest BCUT2D eigenvalue weighted by Gasteiger charge is -2.33. The number of rotatable bonds is 4. The van der Waals surface area contributed by atoms with E-state index in [1.807, 2.05) is 23.1 Å². The highest BCUT2D eigenvalue weighted by molar-refractivity contribution is 5.77. The van der Waals surface area contributed by atoms with Crippen molar-refractivity contribution >= 4 is 5.91 Å². The van der Waals surface area contributed by atoms with Gasteiger partial charge in [0.15, 0.2) is 0 Å². The topological polar surface area (TPSA) is 63.7 Å². The maximum atomic E-state index is 12.3. The first-order valence-electron chi connectivity index (χ1n) is 7.98. The molecular formula is C16H23N3O3. The van der Waals surface area contributed by atoms with Crippen LogP contribution in [0.3, 0.4) is 0 Å². The van der Waals surface area contributed by atoms with Gasteiger partial charge in [0.05, 0.1) is 13.2 Å². The van der Waals surface area contributed by atoms with Crippen molar-refractivity contribution in [3.63, 3.8) is 0 Å². The van der Waals surface area contributed by atoms with E-state index in [2.05, 4.69) is 10.3 Å². The quantitative estimate of drug-likeness (QED) is 0.893. The maximum Gasteiger partial charge on any atom is 0.224 e. The molecule has 0 bridgehead atoms. The number of hydrogen-bond acceptors (Lipinski definition) is 5. The summed E-state index contributed by atoms with van der Waals surface area (Å²) in [6.07, 6.45) is 4.11. The van der Waals surface area contributed by atoms with E-state index >= 15 is 0 Å². The molecule has 2 saturated heterocycles. The van der Waals surface area contributed by atoms with Crippen LogP contribution in [0.25, 0.3) is 0 Å². The monoisotopic (exact) mass is 305 g/mol. The Hall–Kier alpha value is -1.66. The Kier molecular flexibility index (Phi) is 5.24. The highest BCUT2D eigenvalue weighted by atomic mass is 16.5. The van der Waals surface area contributed by atoms with Crippen LogP contribution in [-0.4, -0.2) is 60.8 Å². The van der Waals surface area contributed by atoms with Crippen LogP contribution >= 0.6 is 0 Å². The molecule has 3 heterocycles. The summed E-state index contributed by atoms with van der Waals surface area (Å²) in [7, 11) is 0. The summed E-state index contributed by atoms with van der Waals surface area (Å²) < 4.78 is 11.2. The number of pyridine rings is 1. The fourth-order valence-electron chi connectivity index (χ4n) is 2.90. The van der Waals surface area contributed by atoms with E-state index in [-0.39, 0.29) is 18.1 Å². The summed E-state index contributed by atoms with van der Waals surface area (Å²) in [5.74, 6) is 0.870. The molecule has 0 aromatic carbocycles. The summed E-state index contributed by atoms with van der Waals surface area (Å²) in [6.45, 7) is 3.71. The van der Waals surface area contributed by atoms with Gasteiger partial charge in [0.25, 0.3) is 0 Å². The van der Waals surface area contributed by atoms with Crippen molar-refractivity contribution in [2.45, 2.75) is 31.4 Å². The molecule has 6 heteroatoms. The van der Waals surface area contributed by atoms with Crippen LogP contribution in [0.4, 0.5) is 0 Å². The molecule has 0 aliphatic carbocycles. The van der Waals surface area contributed by atoms with Crippen molar-refractivity contribution < 1.29 is 14.3 Å². The van der Waals surface area contributed by atoms with E-state index in [9.17, 15) is 4.79 Å². The van der Waals surface area contributed by atoms with E-state index in [0.717, 1.165) is 39.1 Å². The van der Waals surface area contributed by atoms with Crippen LogP contribution < -0.4 is 10.1 Å². The second kappa shape index (κ2) is 7.56. The first kappa shape index (κ1) is 15.2. The molecule has 6 nitrogen and oxygen atoms in total. The lowest BCUT2D eigenvalue weighted by Crippen LogP contribution is -2.47. The molecule has 1 unspecified atom stereocenters. The van der Waals surface area contributed by atoms with Crippen molar-refractivity contribution in [1.29, 1.82) is 0 Å². The van der Waals surface area contributed by atoms with Crippen molar-refractivity contribution in [3.8, 4) is 5.88 Å². The number of carbonyl (C=O) groups is 1. The number of carbonyl (C=O) groups excluding carboxylic acids is 1. The molecule has 2 fully saturated rings. The smallest absolute Gasteiger partial charge is 0.224 e. The van der Waals surface area contributed by atoms with Gasteiger partial charge in [0.2, 0.25) is 11.8 Å². The first-order chi connectivity index (χ1) is 10.8. The van der Waals surface area contributed by atoms with Gasteiger partial charge in [-0.2, -0.15) is 0 Å². The second-order valence-electron chi connectivity index (χ2n) is 5.80. The van der Waals surface area contributed by atoms with Crippen LogP contribution in [0.1, 0.15) is 19.3 Å². The van der Waals surface area contributed by atoms with Crippen LogP contribution in [0.2, 0.25) is 0 Å². The van der Waals surface area contributed by atoms with Crippen LogP contribution in [0.5, 0.6) is 5.88 Å². The van der Waals surface area contributed by atoms with Crippen LogP contribution in [-0.2, 0) is 9.53 Å². The molecule has 22 heavy (non-hydrogen) atoms. The number of nitrogens with one attached hydrogen (secondary N) is 1. The Bertz CT molecular complexity index is 469. The number of amides is 1. The third-order valence-electron chi connectivity index (χ3n) is 4.14. The highest BCUT2D eigenvalue weighted by Gasteiger charge is 2.26. The number of nitrogens with zero attached hydrogens (tertiary/aromatic N) is 2. The predicted molar refractivity (Wildman–Crippen MR) is 81.7 cm³/mol. The van der Waals surface area contributed by atoms with E-state index in [4.69, 9.17) is 9.47 Å². The Morgan fingerprint density at radius 2 is 2.27 bits per heavy atom. The minimum atomic E-state index is 0.148. The highest BCUT2D eigenvalue weighted by Crippen LogP contribution is 2.17. The zero-order chi connectivity index (χ0) is 15.2. The normalized spacial score (nSPS) is 23.3. The third kappa shape index (κ3) is 4.18. The summed E-state index contributed by atoms with van der Waals surface area (Å²) in [5.41, 5.74) is 0. The van der Waals surface area contributed by atoms with Gasteiger partial charge in [0.1, 0.15) is 6.10 Å². The van der Waals surface area contributed by atoms with Gasteiger partial charge in [-0.25, -0.2) is 4.98 Å². The van der Waals surface area contributed by atoms with Crippen LogP contribution in [0.15, 0.2) is 24.4 Å². The van der Waals surface area contributed by atoms with Crippen molar-refractivity contribution in [2.75, 3.05) is 32.8 Å². The predicted octanol–water partition coefficient (Wildman–Crippen LogP) is 0.830. The summed E-state index contributed by atoms with van der Waals surface area (Å²) in [6, 6.07) is 5.81. The Morgan fingerprint density at radius 1 is 1.41 bits per heavy atom. The van der Waals surface area contributed by atoms with Gasteiger partial charge >= 0.3 is 0 Å². The molecule has 1 aromatic rings. The van der Waals surface area contributed by atoms with Gasteiger partial charge in [-0.15, -0.1) is 0 Å². The average Bonchev–Trinajstić information content (AvgIpc) is 2.57. The molecule has 2 aliphatic rings. The Labute approximate surface area is 130 Å². The maximum absolute atomic E-state index is 12.3. The Morgan fingerprint density at radius 3 is 2.95 bits per heavy atom. The molecule has 120 valence electrons. The molecule has 3 rings (SSSR count).